The van der Waals surface area contributed by atoms with Crippen LogP contribution in [0.2, 0.25) is 0 Å². The first-order valence-corrected chi connectivity index (χ1v) is 6.83. The molecule has 1 N–H and O–H groups in total. The van der Waals surface area contributed by atoms with Crippen LogP contribution >= 0.6 is 0 Å². The molecule has 100 valence electrons. The molecule has 0 aliphatic carbocycles. The molecule has 0 atom stereocenters. The highest BCUT2D eigenvalue weighted by Crippen LogP contribution is 2.23. The Kier molecular flexibility index (Phi) is 4.99. The van der Waals surface area contributed by atoms with E-state index >= 15 is 0 Å². The highest BCUT2D eigenvalue weighted by Gasteiger charge is 2.02. The lowest BCUT2D eigenvalue weighted by Crippen LogP contribution is -2.09. The molecule has 0 aromatic heterocycles. The molecular formula is C17H22N2. The Morgan fingerprint density at radius 1 is 0.895 bits per heavy atom. The maximum absolute atomic E-state index is 3.18. The summed E-state index contributed by atoms with van der Waals surface area (Å²) >= 11 is 0. The van der Waals surface area contributed by atoms with Gasteiger partial charge in [0.15, 0.2) is 0 Å². The van der Waals surface area contributed by atoms with E-state index in [1.54, 1.807) is 0 Å². The monoisotopic (exact) mass is 254 g/mol. The first-order valence-electron chi connectivity index (χ1n) is 6.83. The summed E-state index contributed by atoms with van der Waals surface area (Å²) in [4.78, 5) is 2.21. The molecule has 0 unspecified atom stereocenters. The zero-order valence-electron chi connectivity index (χ0n) is 11.8. The molecule has 0 bridgehead atoms. The largest absolute Gasteiger partial charge is 0.345 e. The van der Waals surface area contributed by atoms with Gasteiger partial charge in [0.2, 0.25) is 0 Å². The molecule has 2 nitrogen and oxygen atoms in total. The SMILES string of the molecule is CNCCCc1ccc(N(C)c2ccccc2)cc1. The zero-order valence-corrected chi connectivity index (χ0v) is 11.8. The van der Waals surface area contributed by atoms with E-state index in [2.05, 4.69) is 65.8 Å². The van der Waals surface area contributed by atoms with Crippen molar-refractivity contribution in [1.29, 1.82) is 0 Å². The molecule has 2 rings (SSSR count). The molecule has 0 fully saturated rings. The first kappa shape index (κ1) is 13.6. The third-order valence-electron chi connectivity index (χ3n) is 3.36. The van der Waals surface area contributed by atoms with Gasteiger partial charge < -0.3 is 10.2 Å². The first-order chi connectivity index (χ1) is 9.31. The van der Waals surface area contributed by atoms with E-state index in [-0.39, 0.29) is 0 Å². The van der Waals surface area contributed by atoms with Crippen LogP contribution in [0.3, 0.4) is 0 Å². The maximum Gasteiger partial charge on any atom is 0.0408 e. The Labute approximate surface area is 116 Å². The van der Waals surface area contributed by atoms with Crippen LogP contribution in [-0.2, 0) is 6.42 Å². The Balaban J connectivity index is 2.02. The average molecular weight is 254 g/mol. The van der Waals surface area contributed by atoms with Crippen LogP contribution in [0, 0.1) is 0 Å². The van der Waals surface area contributed by atoms with Gasteiger partial charge in [0.05, 0.1) is 0 Å². The summed E-state index contributed by atoms with van der Waals surface area (Å²) in [7, 11) is 4.10. The fraction of sp³-hybridized carbons (Fsp3) is 0.294. The van der Waals surface area contributed by atoms with Crippen LogP contribution in [0.1, 0.15) is 12.0 Å². The van der Waals surface area contributed by atoms with Crippen molar-refractivity contribution >= 4 is 11.4 Å². The van der Waals surface area contributed by atoms with E-state index in [4.69, 9.17) is 0 Å². The number of anilines is 2. The van der Waals surface area contributed by atoms with Crippen molar-refractivity contribution in [2.75, 3.05) is 25.5 Å². The summed E-state index contributed by atoms with van der Waals surface area (Å²) < 4.78 is 0. The average Bonchev–Trinajstić information content (AvgIpc) is 2.48. The Morgan fingerprint density at radius 3 is 2.16 bits per heavy atom. The van der Waals surface area contributed by atoms with Crippen LogP contribution in [0.25, 0.3) is 0 Å². The highest BCUT2D eigenvalue weighted by atomic mass is 15.1. The summed E-state index contributed by atoms with van der Waals surface area (Å²) in [5.41, 5.74) is 3.84. The molecular weight excluding hydrogens is 232 g/mol. The van der Waals surface area contributed by atoms with Gasteiger partial charge in [0.1, 0.15) is 0 Å². The van der Waals surface area contributed by atoms with Crippen molar-refractivity contribution in [3.05, 3.63) is 60.2 Å². The minimum absolute atomic E-state index is 1.08. The number of aryl methyl sites for hydroxylation is 1. The van der Waals surface area contributed by atoms with E-state index in [0.717, 1.165) is 13.0 Å². The van der Waals surface area contributed by atoms with Crippen LogP contribution < -0.4 is 10.2 Å². The van der Waals surface area contributed by atoms with Crippen molar-refractivity contribution in [2.45, 2.75) is 12.8 Å². The second kappa shape index (κ2) is 6.95. The Bertz CT molecular complexity index is 476. The third kappa shape index (κ3) is 3.83. The summed E-state index contributed by atoms with van der Waals surface area (Å²) in [6, 6.07) is 19.3. The Morgan fingerprint density at radius 2 is 1.53 bits per heavy atom. The lowest BCUT2D eigenvalue weighted by Gasteiger charge is -2.19. The molecule has 2 heteroatoms. The molecule has 0 saturated heterocycles. The lowest BCUT2D eigenvalue weighted by atomic mass is 10.1. The molecule has 0 aliphatic heterocycles. The van der Waals surface area contributed by atoms with Crippen molar-refractivity contribution in [1.82, 2.24) is 5.32 Å². The number of nitrogens with zero attached hydrogens (tertiary/aromatic N) is 1. The van der Waals surface area contributed by atoms with E-state index in [1.165, 1.54) is 23.4 Å². The van der Waals surface area contributed by atoms with Gasteiger partial charge in [-0.15, -0.1) is 0 Å². The lowest BCUT2D eigenvalue weighted by molar-refractivity contribution is 0.725. The van der Waals surface area contributed by atoms with Gasteiger partial charge in [0.25, 0.3) is 0 Å². The molecule has 19 heavy (non-hydrogen) atoms. The predicted molar refractivity (Wildman–Crippen MR) is 83.2 cm³/mol. The van der Waals surface area contributed by atoms with Crippen molar-refractivity contribution in [2.24, 2.45) is 0 Å². The summed E-state index contributed by atoms with van der Waals surface area (Å²) in [5, 5.41) is 3.18. The van der Waals surface area contributed by atoms with Gasteiger partial charge in [-0.2, -0.15) is 0 Å². The number of hydrogen-bond acceptors (Lipinski definition) is 2. The summed E-state index contributed by atoms with van der Waals surface area (Å²) in [6.45, 7) is 1.08. The van der Waals surface area contributed by atoms with E-state index < -0.39 is 0 Å². The van der Waals surface area contributed by atoms with Crippen molar-refractivity contribution in [3.63, 3.8) is 0 Å². The van der Waals surface area contributed by atoms with Crippen LogP contribution in [0.15, 0.2) is 54.6 Å². The van der Waals surface area contributed by atoms with Crippen LogP contribution in [0.5, 0.6) is 0 Å². The number of para-hydroxylation sites is 1. The highest BCUT2D eigenvalue weighted by molar-refractivity contribution is 5.62. The van der Waals surface area contributed by atoms with E-state index in [0.29, 0.717) is 0 Å². The molecule has 0 radical (unpaired) electrons. The number of rotatable bonds is 6. The third-order valence-corrected chi connectivity index (χ3v) is 3.36. The van der Waals surface area contributed by atoms with Gasteiger partial charge in [0, 0.05) is 18.4 Å². The molecule has 0 saturated carbocycles. The molecule has 0 spiro atoms. The van der Waals surface area contributed by atoms with Crippen molar-refractivity contribution in [3.8, 4) is 0 Å². The number of nitrogens with one attached hydrogen (secondary N) is 1. The minimum Gasteiger partial charge on any atom is -0.345 e. The van der Waals surface area contributed by atoms with Crippen LogP contribution in [0.4, 0.5) is 11.4 Å². The second-order valence-corrected chi connectivity index (χ2v) is 4.77. The second-order valence-electron chi connectivity index (χ2n) is 4.77. The summed E-state index contributed by atoms with van der Waals surface area (Å²) in [6.07, 6.45) is 2.32. The van der Waals surface area contributed by atoms with E-state index in [9.17, 15) is 0 Å². The Hall–Kier alpha value is -1.80. The normalized spacial score (nSPS) is 10.4. The molecule has 0 heterocycles. The van der Waals surface area contributed by atoms with Gasteiger partial charge in [-0.25, -0.2) is 0 Å². The van der Waals surface area contributed by atoms with Gasteiger partial charge in [-0.05, 0) is 56.3 Å². The molecule has 2 aromatic carbocycles. The quantitative estimate of drug-likeness (QED) is 0.792. The zero-order chi connectivity index (χ0) is 13.5. The van der Waals surface area contributed by atoms with Gasteiger partial charge in [-0.3, -0.25) is 0 Å². The smallest absolute Gasteiger partial charge is 0.0408 e. The van der Waals surface area contributed by atoms with Gasteiger partial charge in [-0.1, -0.05) is 30.3 Å². The summed E-state index contributed by atoms with van der Waals surface area (Å²) in [5.74, 6) is 0. The molecule has 0 aliphatic rings. The maximum atomic E-state index is 3.18. The van der Waals surface area contributed by atoms with Crippen LogP contribution in [-0.4, -0.2) is 20.6 Å². The number of hydrogen-bond donors (Lipinski definition) is 1. The topological polar surface area (TPSA) is 15.3 Å². The van der Waals surface area contributed by atoms with Gasteiger partial charge >= 0.3 is 0 Å². The fourth-order valence-corrected chi connectivity index (χ4v) is 2.16. The molecule has 0 amide bonds. The standard InChI is InChI=1S/C17H22N2/c1-18-14-6-7-15-10-12-17(13-11-15)19(2)16-8-4-3-5-9-16/h3-5,8-13,18H,6-7,14H2,1-2H3. The minimum atomic E-state index is 1.08. The number of benzene rings is 2. The molecule has 2 aromatic rings. The fourth-order valence-electron chi connectivity index (χ4n) is 2.16. The predicted octanol–water partition coefficient (Wildman–Crippen LogP) is 3.61. The van der Waals surface area contributed by atoms with Crippen molar-refractivity contribution < 1.29 is 0 Å². The van der Waals surface area contributed by atoms with E-state index in [1.807, 2.05) is 13.1 Å².